The number of carbonyl (C=O) groups is 1. The van der Waals surface area contributed by atoms with E-state index in [1.165, 1.54) is 5.57 Å². The molecular formula is C19H27NO4. The third-order valence-corrected chi connectivity index (χ3v) is 8.01. The van der Waals surface area contributed by atoms with Gasteiger partial charge in [-0.2, -0.15) is 0 Å². The molecule has 0 aromatic rings. The molecule has 3 fully saturated rings. The van der Waals surface area contributed by atoms with Crippen LogP contribution in [0.5, 0.6) is 0 Å². The van der Waals surface area contributed by atoms with E-state index in [2.05, 4.69) is 6.92 Å². The Labute approximate surface area is 142 Å². The minimum atomic E-state index is -1.15. The van der Waals surface area contributed by atoms with Gasteiger partial charge in [0, 0.05) is 16.8 Å². The lowest BCUT2D eigenvalue weighted by molar-refractivity contribution is -0.506. The van der Waals surface area contributed by atoms with Gasteiger partial charge in [-0.25, -0.2) is 0 Å². The van der Waals surface area contributed by atoms with Gasteiger partial charge in [0.15, 0.2) is 5.78 Å². The Morgan fingerprint density at radius 2 is 2.00 bits per heavy atom. The van der Waals surface area contributed by atoms with Gasteiger partial charge in [-0.15, -0.1) is 0 Å². The number of nitro groups is 1. The zero-order valence-electron chi connectivity index (χ0n) is 14.4. The van der Waals surface area contributed by atoms with E-state index >= 15 is 0 Å². The maximum absolute atomic E-state index is 11.7. The Kier molecular flexibility index (Phi) is 3.64. The number of rotatable bonds is 2. The molecule has 5 nitrogen and oxygen atoms in total. The third-order valence-electron chi connectivity index (χ3n) is 8.01. The van der Waals surface area contributed by atoms with Crippen LogP contribution in [0.25, 0.3) is 0 Å². The molecule has 132 valence electrons. The lowest BCUT2D eigenvalue weighted by atomic mass is 9.50. The van der Waals surface area contributed by atoms with Crippen LogP contribution in [0.2, 0.25) is 0 Å². The summed E-state index contributed by atoms with van der Waals surface area (Å²) < 4.78 is 0. The molecule has 3 saturated carbocycles. The van der Waals surface area contributed by atoms with Crippen molar-refractivity contribution in [2.24, 2.45) is 29.1 Å². The Balaban J connectivity index is 1.61. The van der Waals surface area contributed by atoms with Gasteiger partial charge in [0.25, 0.3) is 0 Å². The summed E-state index contributed by atoms with van der Waals surface area (Å²) in [7, 11) is 0. The lowest BCUT2D eigenvalue weighted by Gasteiger charge is -2.54. The number of hydrogen-bond acceptors (Lipinski definition) is 4. The SMILES string of the molecule is C[C@]12CC[C@H]3[C@@H](CCC4=CC(=O)CC[C@@H]43)[C@@H]1CC[C@@]2(O)C[N+](=O)[O-]. The van der Waals surface area contributed by atoms with Gasteiger partial charge >= 0.3 is 0 Å². The smallest absolute Gasteiger partial charge is 0.232 e. The topological polar surface area (TPSA) is 80.4 Å². The molecule has 6 atom stereocenters. The van der Waals surface area contributed by atoms with Crippen molar-refractivity contribution in [3.63, 3.8) is 0 Å². The molecule has 0 saturated heterocycles. The molecule has 0 aromatic carbocycles. The molecule has 0 amide bonds. The Morgan fingerprint density at radius 1 is 1.21 bits per heavy atom. The van der Waals surface area contributed by atoms with Crippen molar-refractivity contribution in [3.8, 4) is 0 Å². The summed E-state index contributed by atoms with van der Waals surface area (Å²) in [5.41, 5.74) is -0.118. The van der Waals surface area contributed by atoms with Gasteiger partial charge in [-0.05, 0) is 74.7 Å². The van der Waals surface area contributed by atoms with Crippen molar-refractivity contribution >= 4 is 5.78 Å². The molecule has 4 aliphatic rings. The van der Waals surface area contributed by atoms with Gasteiger partial charge < -0.3 is 5.11 Å². The fourth-order valence-electron chi connectivity index (χ4n) is 6.76. The summed E-state index contributed by atoms with van der Waals surface area (Å²) in [4.78, 5) is 22.5. The second kappa shape index (κ2) is 5.38. The minimum Gasteiger partial charge on any atom is -0.382 e. The second-order valence-corrected chi connectivity index (χ2v) is 8.82. The predicted molar refractivity (Wildman–Crippen MR) is 88.9 cm³/mol. The number of hydrogen-bond donors (Lipinski definition) is 1. The molecular weight excluding hydrogens is 306 g/mol. The molecule has 0 aliphatic heterocycles. The highest BCUT2D eigenvalue weighted by atomic mass is 16.6. The van der Waals surface area contributed by atoms with Gasteiger partial charge in [0.1, 0.15) is 5.60 Å². The zero-order valence-corrected chi connectivity index (χ0v) is 14.4. The summed E-state index contributed by atoms with van der Waals surface area (Å²) in [6.45, 7) is 1.78. The summed E-state index contributed by atoms with van der Waals surface area (Å²) >= 11 is 0. The monoisotopic (exact) mass is 333 g/mol. The van der Waals surface area contributed by atoms with E-state index in [0.29, 0.717) is 36.5 Å². The summed E-state index contributed by atoms with van der Waals surface area (Å²) in [6, 6.07) is 0. The number of allylic oxidation sites excluding steroid dienone is 1. The van der Waals surface area contributed by atoms with E-state index < -0.39 is 5.60 Å². The second-order valence-electron chi connectivity index (χ2n) is 8.82. The van der Waals surface area contributed by atoms with Crippen LogP contribution >= 0.6 is 0 Å². The molecule has 24 heavy (non-hydrogen) atoms. The van der Waals surface area contributed by atoms with Gasteiger partial charge in [-0.1, -0.05) is 12.5 Å². The standard InChI is InChI=1S/C19H27NO4/c1-18-8-6-15-14-5-3-13(21)10-12(14)2-4-16(15)17(18)7-9-19(18,22)11-20(23)24/h10,14-17,22H,2-9,11H2,1H3/t14-,15+,16+,17-,18-,19+/m0/s1. The first-order valence-electron chi connectivity index (χ1n) is 9.41. The van der Waals surface area contributed by atoms with Crippen LogP contribution in [-0.2, 0) is 4.79 Å². The Morgan fingerprint density at radius 3 is 2.75 bits per heavy atom. The van der Waals surface area contributed by atoms with Crippen molar-refractivity contribution in [2.75, 3.05) is 6.54 Å². The number of carbonyl (C=O) groups excluding carboxylic acids is 1. The predicted octanol–water partition coefficient (Wildman–Crippen LogP) is 3.14. The van der Waals surface area contributed by atoms with E-state index in [1.807, 2.05) is 6.08 Å². The van der Waals surface area contributed by atoms with E-state index in [4.69, 9.17) is 0 Å². The molecule has 1 N–H and O–H groups in total. The van der Waals surface area contributed by atoms with Gasteiger partial charge in [-0.3, -0.25) is 14.9 Å². The van der Waals surface area contributed by atoms with Crippen molar-refractivity contribution in [1.29, 1.82) is 0 Å². The first-order valence-corrected chi connectivity index (χ1v) is 9.41. The molecule has 5 heteroatoms. The van der Waals surface area contributed by atoms with Gasteiger partial charge in [0.05, 0.1) is 0 Å². The van der Waals surface area contributed by atoms with Crippen LogP contribution in [0.15, 0.2) is 11.6 Å². The van der Waals surface area contributed by atoms with Crippen LogP contribution in [0.4, 0.5) is 0 Å². The average Bonchev–Trinajstić information content (AvgIpc) is 2.77. The van der Waals surface area contributed by atoms with Crippen molar-refractivity contribution in [1.82, 2.24) is 0 Å². The average molecular weight is 333 g/mol. The first kappa shape index (κ1) is 16.2. The Hall–Kier alpha value is -1.23. The largest absolute Gasteiger partial charge is 0.382 e. The summed E-state index contributed by atoms with van der Waals surface area (Å²) in [6.07, 6.45) is 9.01. The molecule has 4 aliphatic carbocycles. The van der Waals surface area contributed by atoms with Crippen LogP contribution in [0.1, 0.15) is 58.3 Å². The molecule has 0 unspecified atom stereocenters. The summed E-state index contributed by atoms with van der Waals surface area (Å²) in [5.74, 6) is 2.37. The minimum absolute atomic E-state index is 0.279. The highest BCUT2D eigenvalue weighted by Crippen LogP contribution is 2.64. The zero-order chi connectivity index (χ0) is 17.1. The number of aliphatic hydroxyl groups is 1. The highest BCUT2D eigenvalue weighted by Gasteiger charge is 2.64. The molecule has 0 heterocycles. The van der Waals surface area contributed by atoms with Crippen LogP contribution in [0, 0.1) is 39.2 Å². The molecule has 0 radical (unpaired) electrons. The fraction of sp³-hybridized carbons (Fsp3) is 0.842. The fourth-order valence-corrected chi connectivity index (χ4v) is 6.76. The van der Waals surface area contributed by atoms with E-state index in [0.717, 1.165) is 38.5 Å². The van der Waals surface area contributed by atoms with Crippen molar-refractivity contribution < 1.29 is 14.8 Å². The molecule has 0 bridgehead atoms. The maximum atomic E-state index is 11.7. The van der Waals surface area contributed by atoms with E-state index in [1.54, 1.807) is 0 Å². The van der Waals surface area contributed by atoms with Crippen LogP contribution < -0.4 is 0 Å². The molecule has 4 rings (SSSR count). The number of ketones is 1. The number of nitrogens with zero attached hydrogens (tertiary/aromatic N) is 1. The quantitative estimate of drug-likeness (QED) is 0.622. The Bertz CT molecular complexity index is 614. The normalized spacial score (nSPS) is 47.4. The van der Waals surface area contributed by atoms with Crippen LogP contribution in [-0.4, -0.2) is 28.0 Å². The molecule has 0 spiro atoms. The van der Waals surface area contributed by atoms with E-state index in [-0.39, 0.29) is 22.7 Å². The first-order chi connectivity index (χ1) is 11.3. The van der Waals surface area contributed by atoms with Gasteiger partial charge in [0.2, 0.25) is 6.54 Å². The highest BCUT2D eigenvalue weighted by molar-refractivity contribution is 5.91. The van der Waals surface area contributed by atoms with E-state index in [9.17, 15) is 20.0 Å². The summed E-state index contributed by atoms with van der Waals surface area (Å²) in [5, 5.41) is 22.2. The van der Waals surface area contributed by atoms with Crippen LogP contribution in [0.3, 0.4) is 0 Å². The third kappa shape index (κ3) is 2.20. The maximum Gasteiger partial charge on any atom is 0.232 e. The number of fused-ring (bicyclic) bond motifs is 5. The van der Waals surface area contributed by atoms with Crippen molar-refractivity contribution in [2.45, 2.75) is 63.9 Å². The van der Waals surface area contributed by atoms with Crippen molar-refractivity contribution in [3.05, 3.63) is 21.8 Å². The lowest BCUT2D eigenvalue weighted by Crippen LogP contribution is -2.55. The molecule has 0 aromatic heterocycles.